The molecule has 4 rings (SSSR count). The molecule has 0 aliphatic carbocycles. The number of nitrogens with zero attached hydrogens (tertiary/aromatic N) is 2. The second-order valence-corrected chi connectivity index (χ2v) is 6.94. The average Bonchev–Trinajstić information content (AvgIpc) is 3.22. The molecule has 4 nitrogen and oxygen atoms in total. The molecule has 1 aromatic heterocycles. The summed E-state index contributed by atoms with van der Waals surface area (Å²) in [5.41, 5.74) is 6.13. The van der Waals surface area contributed by atoms with Crippen LogP contribution in [0.2, 0.25) is 0 Å². The Bertz CT molecular complexity index is 1130. The second-order valence-electron chi connectivity index (χ2n) is 6.94. The number of aryl methyl sites for hydroxylation is 2. The van der Waals surface area contributed by atoms with Gasteiger partial charge in [-0.15, -0.1) is 0 Å². The molecule has 0 aliphatic heterocycles. The second kappa shape index (κ2) is 8.15. The molecule has 0 radical (unpaired) electrons. The van der Waals surface area contributed by atoms with Crippen LogP contribution in [0.25, 0.3) is 16.9 Å². The van der Waals surface area contributed by atoms with Crippen LogP contribution < -0.4 is 5.32 Å². The largest absolute Gasteiger partial charge is 0.320 e. The van der Waals surface area contributed by atoms with Crippen LogP contribution in [0.3, 0.4) is 0 Å². The van der Waals surface area contributed by atoms with Crippen molar-refractivity contribution in [1.82, 2.24) is 9.78 Å². The van der Waals surface area contributed by atoms with E-state index in [0.717, 1.165) is 40.2 Å². The minimum Gasteiger partial charge on any atom is -0.320 e. The zero-order valence-electron chi connectivity index (χ0n) is 16.6. The van der Waals surface area contributed by atoms with Crippen molar-refractivity contribution in [1.29, 1.82) is 0 Å². The number of aromatic nitrogens is 2. The number of hydrogen-bond donors (Lipinski definition) is 1. The highest BCUT2D eigenvalue weighted by Gasteiger charge is 2.19. The lowest BCUT2D eigenvalue weighted by Crippen LogP contribution is -2.18. The first kappa shape index (κ1) is 18.7. The van der Waals surface area contributed by atoms with Crippen LogP contribution in [0.5, 0.6) is 0 Å². The molecule has 0 aliphatic rings. The zero-order valence-corrected chi connectivity index (χ0v) is 16.6. The number of rotatable bonds is 5. The smallest absolute Gasteiger partial charge is 0.274 e. The van der Waals surface area contributed by atoms with Gasteiger partial charge in [-0.2, -0.15) is 5.10 Å². The van der Waals surface area contributed by atoms with Gasteiger partial charge in [0, 0.05) is 11.3 Å². The first-order valence-electron chi connectivity index (χ1n) is 9.78. The maximum Gasteiger partial charge on any atom is 0.274 e. The van der Waals surface area contributed by atoms with Crippen molar-refractivity contribution in [2.75, 3.05) is 5.32 Å². The normalized spacial score (nSPS) is 10.7. The summed E-state index contributed by atoms with van der Waals surface area (Å²) in [7, 11) is 0. The third-order valence-corrected chi connectivity index (χ3v) is 4.99. The van der Waals surface area contributed by atoms with Crippen LogP contribution in [-0.2, 0) is 6.42 Å². The van der Waals surface area contributed by atoms with Crippen LogP contribution in [0.4, 0.5) is 5.69 Å². The summed E-state index contributed by atoms with van der Waals surface area (Å²) in [5.74, 6) is -0.174. The fraction of sp³-hybridized carbons (Fsp3) is 0.120. The Morgan fingerprint density at radius 3 is 2.31 bits per heavy atom. The molecule has 0 spiro atoms. The molecule has 0 saturated heterocycles. The molecule has 4 aromatic rings. The first-order valence-corrected chi connectivity index (χ1v) is 9.78. The van der Waals surface area contributed by atoms with E-state index in [0.29, 0.717) is 5.69 Å². The molecule has 4 heteroatoms. The molecular formula is C25H23N3O. The average molecular weight is 381 g/mol. The maximum absolute atomic E-state index is 13.3. The SMILES string of the molecule is CCc1cccc(C)c1NC(=O)c1cc(-c2ccccc2)nn1-c1ccccc1. The fourth-order valence-corrected chi connectivity index (χ4v) is 3.44. The number of amides is 1. The van der Waals surface area contributed by atoms with E-state index in [1.54, 1.807) is 4.68 Å². The van der Waals surface area contributed by atoms with Crippen LogP contribution in [0.1, 0.15) is 28.5 Å². The van der Waals surface area contributed by atoms with Gasteiger partial charge in [0.15, 0.2) is 0 Å². The number of nitrogens with one attached hydrogen (secondary N) is 1. The third kappa shape index (κ3) is 3.83. The van der Waals surface area contributed by atoms with Crippen molar-refractivity contribution in [2.45, 2.75) is 20.3 Å². The summed E-state index contributed by atoms with van der Waals surface area (Å²) < 4.78 is 1.71. The predicted molar refractivity (Wildman–Crippen MR) is 118 cm³/mol. The number of benzene rings is 3. The van der Waals surface area contributed by atoms with Crippen LogP contribution in [0.15, 0.2) is 84.9 Å². The lowest BCUT2D eigenvalue weighted by Gasteiger charge is -2.13. The molecule has 1 amide bonds. The van der Waals surface area contributed by atoms with E-state index < -0.39 is 0 Å². The molecule has 0 bridgehead atoms. The molecule has 144 valence electrons. The van der Waals surface area contributed by atoms with Crippen LogP contribution in [-0.4, -0.2) is 15.7 Å². The van der Waals surface area contributed by atoms with Gasteiger partial charge in [0.25, 0.3) is 5.91 Å². The van der Waals surface area contributed by atoms with Gasteiger partial charge in [0.05, 0.1) is 11.4 Å². The molecule has 3 aromatic carbocycles. The summed E-state index contributed by atoms with van der Waals surface area (Å²) in [6, 6.07) is 27.6. The Hall–Kier alpha value is -3.66. The van der Waals surface area contributed by atoms with E-state index in [2.05, 4.69) is 12.2 Å². The lowest BCUT2D eigenvalue weighted by molar-refractivity contribution is 0.101. The Balaban J connectivity index is 1.78. The van der Waals surface area contributed by atoms with Gasteiger partial charge < -0.3 is 5.32 Å². The summed E-state index contributed by atoms with van der Waals surface area (Å²) in [6.45, 7) is 4.10. The molecule has 29 heavy (non-hydrogen) atoms. The van der Waals surface area contributed by atoms with Gasteiger partial charge in [0.1, 0.15) is 5.69 Å². The van der Waals surface area contributed by atoms with Gasteiger partial charge in [-0.25, -0.2) is 4.68 Å². The van der Waals surface area contributed by atoms with E-state index >= 15 is 0 Å². The highest BCUT2D eigenvalue weighted by molar-refractivity contribution is 6.05. The standard InChI is InChI=1S/C25H23N3O/c1-3-19-14-10-11-18(2)24(19)26-25(29)23-17-22(20-12-6-4-7-13-20)27-28(23)21-15-8-5-9-16-21/h4-17H,3H2,1-2H3,(H,26,29). The van der Waals surface area contributed by atoms with Crippen molar-refractivity contribution >= 4 is 11.6 Å². The Kier molecular flexibility index (Phi) is 5.25. The van der Waals surface area contributed by atoms with Crippen LogP contribution >= 0.6 is 0 Å². The minimum atomic E-state index is -0.174. The van der Waals surface area contributed by atoms with E-state index in [1.165, 1.54) is 0 Å². The predicted octanol–water partition coefficient (Wildman–Crippen LogP) is 5.66. The molecule has 1 N–H and O–H groups in total. The van der Waals surface area contributed by atoms with E-state index in [9.17, 15) is 4.79 Å². The van der Waals surface area contributed by atoms with E-state index in [1.807, 2.05) is 91.9 Å². The molecule has 0 unspecified atom stereocenters. The number of carbonyl (C=O) groups excluding carboxylic acids is 1. The summed E-state index contributed by atoms with van der Waals surface area (Å²) in [6.07, 6.45) is 0.852. The van der Waals surface area contributed by atoms with Crippen molar-refractivity contribution in [3.05, 3.63) is 102 Å². The molecular weight excluding hydrogens is 358 g/mol. The summed E-state index contributed by atoms with van der Waals surface area (Å²) in [4.78, 5) is 13.3. The van der Waals surface area contributed by atoms with Crippen molar-refractivity contribution in [3.63, 3.8) is 0 Å². The van der Waals surface area contributed by atoms with Gasteiger partial charge in [-0.05, 0) is 42.7 Å². The Morgan fingerprint density at radius 1 is 0.931 bits per heavy atom. The maximum atomic E-state index is 13.3. The minimum absolute atomic E-state index is 0.174. The highest BCUT2D eigenvalue weighted by Crippen LogP contribution is 2.25. The number of hydrogen-bond acceptors (Lipinski definition) is 2. The van der Waals surface area contributed by atoms with Gasteiger partial charge in [0.2, 0.25) is 0 Å². The Morgan fingerprint density at radius 2 is 1.62 bits per heavy atom. The summed E-state index contributed by atoms with van der Waals surface area (Å²) in [5, 5.41) is 7.86. The number of para-hydroxylation sites is 2. The van der Waals surface area contributed by atoms with Crippen LogP contribution in [0, 0.1) is 6.92 Å². The summed E-state index contributed by atoms with van der Waals surface area (Å²) >= 11 is 0. The Labute approximate surface area is 170 Å². The van der Waals surface area contributed by atoms with Gasteiger partial charge in [-0.3, -0.25) is 4.79 Å². The quantitative estimate of drug-likeness (QED) is 0.485. The fourth-order valence-electron chi connectivity index (χ4n) is 3.44. The molecule has 1 heterocycles. The first-order chi connectivity index (χ1) is 14.2. The van der Waals surface area contributed by atoms with Crippen molar-refractivity contribution in [2.24, 2.45) is 0 Å². The molecule has 0 atom stereocenters. The van der Waals surface area contributed by atoms with E-state index in [4.69, 9.17) is 5.10 Å². The van der Waals surface area contributed by atoms with Gasteiger partial charge in [-0.1, -0.05) is 73.7 Å². The molecule has 0 fully saturated rings. The van der Waals surface area contributed by atoms with Crippen molar-refractivity contribution in [3.8, 4) is 16.9 Å². The highest BCUT2D eigenvalue weighted by atomic mass is 16.2. The molecule has 0 saturated carbocycles. The number of anilines is 1. The van der Waals surface area contributed by atoms with Gasteiger partial charge >= 0.3 is 0 Å². The third-order valence-electron chi connectivity index (χ3n) is 4.99. The monoisotopic (exact) mass is 381 g/mol. The van der Waals surface area contributed by atoms with E-state index in [-0.39, 0.29) is 5.91 Å². The van der Waals surface area contributed by atoms with Crippen molar-refractivity contribution < 1.29 is 4.79 Å². The zero-order chi connectivity index (χ0) is 20.2. The lowest BCUT2D eigenvalue weighted by atomic mass is 10.1. The topological polar surface area (TPSA) is 46.9 Å². The number of carbonyl (C=O) groups is 1.